The number of carbonyl (C=O) groups excluding carboxylic acids is 1. The first-order chi connectivity index (χ1) is 11.1. The summed E-state index contributed by atoms with van der Waals surface area (Å²) >= 11 is 0. The Kier molecular flexibility index (Phi) is 3.63. The molecule has 2 heterocycles. The van der Waals surface area contributed by atoms with Gasteiger partial charge in [0.15, 0.2) is 11.3 Å². The van der Waals surface area contributed by atoms with Crippen LogP contribution in [0.1, 0.15) is 10.4 Å². The van der Waals surface area contributed by atoms with Gasteiger partial charge in [0.1, 0.15) is 17.8 Å². The Morgan fingerprint density at radius 2 is 1.96 bits per heavy atom. The molecule has 2 aromatic heterocycles. The minimum absolute atomic E-state index is 0.177. The van der Waals surface area contributed by atoms with Crippen LogP contribution < -0.4 is 10.7 Å². The second-order valence-electron chi connectivity index (χ2n) is 4.76. The Morgan fingerprint density at radius 3 is 2.65 bits per heavy atom. The highest BCUT2D eigenvalue weighted by Crippen LogP contribution is 2.18. The number of aromatic amines is 1. The molecule has 23 heavy (non-hydrogen) atoms. The lowest BCUT2D eigenvalue weighted by Gasteiger charge is -2.04. The number of nitrogens with one attached hydrogen (secondary N) is 2. The van der Waals surface area contributed by atoms with E-state index < -0.39 is 23.9 Å². The number of rotatable bonds is 4. The summed E-state index contributed by atoms with van der Waals surface area (Å²) in [6, 6.07) is 10.5. The number of carbonyl (C=O) groups is 2. The van der Waals surface area contributed by atoms with Crippen molar-refractivity contribution >= 4 is 17.5 Å². The maximum atomic E-state index is 12.1. The van der Waals surface area contributed by atoms with Crippen LogP contribution in [-0.4, -0.2) is 38.1 Å². The molecule has 3 N–H and O–H groups in total. The first-order valence-electron chi connectivity index (χ1n) is 6.73. The summed E-state index contributed by atoms with van der Waals surface area (Å²) in [6.45, 7) is -0.570. The van der Waals surface area contributed by atoms with Gasteiger partial charge in [-0.2, -0.15) is 5.10 Å². The minimum atomic E-state index is -1.19. The van der Waals surface area contributed by atoms with Crippen LogP contribution in [0.3, 0.4) is 0 Å². The molecule has 0 saturated carbocycles. The van der Waals surface area contributed by atoms with Crippen molar-refractivity contribution in [3.05, 3.63) is 58.4 Å². The number of fused-ring (bicyclic) bond motifs is 1. The van der Waals surface area contributed by atoms with E-state index in [1.807, 2.05) is 30.3 Å². The predicted octanol–water partition coefficient (Wildman–Crippen LogP) is 0.504. The largest absolute Gasteiger partial charge is 0.480 e. The fourth-order valence-electron chi connectivity index (χ4n) is 2.24. The molecule has 0 aliphatic carbocycles. The Bertz CT molecular complexity index is 943. The van der Waals surface area contributed by atoms with E-state index in [1.165, 1.54) is 12.3 Å². The van der Waals surface area contributed by atoms with Gasteiger partial charge in [0.2, 0.25) is 0 Å². The van der Waals surface area contributed by atoms with Gasteiger partial charge in [0, 0.05) is 17.8 Å². The second kappa shape index (κ2) is 5.76. The van der Waals surface area contributed by atoms with Gasteiger partial charge in [-0.05, 0) is 0 Å². The van der Waals surface area contributed by atoms with Crippen LogP contribution in [0.15, 0.2) is 47.4 Å². The Labute approximate surface area is 129 Å². The molecule has 0 spiro atoms. The van der Waals surface area contributed by atoms with Crippen LogP contribution in [0.4, 0.5) is 0 Å². The molecule has 0 bridgehead atoms. The number of pyridine rings is 1. The topological polar surface area (TPSA) is 117 Å². The lowest BCUT2D eigenvalue weighted by Crippen LogP contribution is -2.33. The molecule has 0 atom stereocenters. The van der Waals surface area contributed by atoms with Crippen LogP contribution in [0.5, 0.6) is 0 Å². The zero-order valence-electron chi connectivity index (χ0n) is 11.8. The molecule has 0 aliphatic rings. The number of benzene rings is 1. The number of H-pyrrole nitrogens is 1. The van der Waals surface area contributed by atoms with Crippen molar-refractivity contribution in [3.8, 4) is 11.4 Å². The number of amides is 1. The predicted molar refractivity (Wildman–Crippen MR) is 81.2 cm³/mol. The molecule has 3 rings (SSSR count). The molecule has 0 fully saturated rings. The van der Waals surface area contributed by atoms with Gasteiger partial charge in [-0.15, -0.1) is 0 Å². The Balaban J connectivity index is 2.11. The maximum Gasteiger partial charge on any atom is 0.322 e. The first-order valence-corrected chi connectivity index (χ1v) is 6.73. The monoisotopic (exact) mass is 312 g/mol. The summed E-state index contributed by atoms with van der Waals surface area (Å²) in [7, 11) is 0. The highest BCUT2D eigenvalue weighted by molar-refractivity contribution is 6.00. The third-order valence-electron chi connectivity index (χ3n) is 3.25. The molecule has 0 saturated heterocycles. The van der Waals surface area contributed by atoms with E-state index in [1.54, 1.807) is 4.40 Å². The van der Waals surface area contributed by atoms with Gasteiger partial charge in [-0.3, -0.25) is 23.9 Å². The van der Waals surface area contributed by atoms with Crippen molar-refractivity contribution < 1.29 is 14.7 Å². The molecule has 116 valence electrons. The van der Waals surface area contributed by atoms with Crippen LogP contribution in [0, 0.1) is 0 Å². The van der Waals surface area contributed by atoms with Crippen molar-refractivity contribution in [2.24, 2.45) is 0 Å². The highest BCUT2D eigenvalue weighted by atomic mass is 16.4. The fraction of sp³-hybridized carbons (Fsp3) is 0.0667. The molecule has 1 amide bonds. The number of carboxylic acids is 1. The van der Waals surface area contributed by atoms with Crippen LogP contribution in [0.25, 0.3) is 17.0 Å². The van der Waals surface area contributed by atoms with Gasteiger partial charge < -0.3 is 10.4 Å². The van der Waals surface area contributed by atoms with Crippen molar-refractivity contribution in [1.29, 1.82) is 0 Å². The third kappa shape index (κ3) is 2.69. The van der Waals surface area contributed by atoms with Gasteiger partial charge in [-0.1, -0.05) is 30.3 Å². The number of nitrogens with zero attached hydrogens (tertiary/aromatic N) is 2. The summed E-state index contributed by atoms with van der Waals surface area (Å²) in [5, 5.41) is 17.6. The summed E-state index contributed by atoms with van der Waals surface area (Å²) in [6.07, 6.45) is 1.51. The second-order valence-corrected chi connectivity index (χ2v) is 4.76. The molecular formula is C15H12N4O4. The molecule has 0 aliphatic heterocycles. The third-order valence-corrected chi connectivity index (χ3v) is 3.25. The van der Waals surface area contributed by atoms with Gasteiger partial charge >= 0.3 is 5.97 Å². The summed E-state index contributed by atoms with van der Waals surface area (Å²) in [4.78, 5) is 34.6. The van der Waals surface area contributed by atoms with Crippen LogP contribution in [0.2, 0.25) is 0 Å². The zero-order chi connectivity index (χ0) is 16.4. The van der Waals surface area contributed by atoms with Gasteiger partial charge in [0.05, 0.1) is 0 Å². The number of hydrogen-bond acceptors (Lipinski definition) is 4. The number of hydrogen-bond donors (Lipinski definition) is 3. The highest BCUT2D eigenvalue weighted by Gasteiger charge is 2.18. The molecule has 1 aromatic carbocycles. The van der Waals surface area contributed by atoms with E-state index in [0.29, 0.717) is 5.82 Å². The average Bonchev–Trinajstić information content (AvgIpc) is 2.97. The van der Waals surface area contributed by atoms with Crippen molar-refractivity contribution in [3.63, 3.8) is 0 Å². The van der Waals surface area contributed by atoms with E-state index in [4.69, 9.17) is 5.11 Å². The summed E-state index contributed by atoms with van der Waals surface area (Å²) in [5.41, 5.74) is 0.318. The maximum absolute atomic E-state index is 12.1. The number of aromatic nitrogens is 3. The number of aliphatic carboxylic acids is 1. The lowest BCUT2D eigenvalue weighted by molar-refractivity contribution is -0.135. The summed E-state index contributed by atoms with van der Waals surface area (Å²) in [5.74, 6) is -1.42. The summed E-state index contributed by atoms with van der Waals surface area (Å²) < 4.78 is 1.58. The first kappa shape index (κ1) is 14.5. The molecular weight excluding hydrogens is 300 g/mol. The molecule has 3 aromatic rings. The van der Waals surface area contributed by atoms with Gasteiger partial charge in [-0.25, -0.2) is 0 Å². The lowest BCUT2D eigenvalue weighted by atomic mass is 10.2. The standard InChI is InChI=1S/C15H12N4O4/c20-10-6-7-19-13(9-4-2-1-3-5-9)17-18-14(19)12(10)15(23)16-8-11(21)22/h1-7,18H,8H2,(H,16,23)(H,21,22). The smallest absolute Gasteiger partial charge is 0.322 e. The average molecular weight is 312 g/mol. The SMILES string of the molecule is O=C(O)CNC(=O)c1c(=O)ccn2c(-c3ccccc3)n[nH]c12. The quantitative estimate of drug-likeness (QED) is 0.649. The van der Waals surface area contributed by atoms with Crippen molar-refractivity contribution in [1.82, 2.24) is 19.9 Å². The van der Waals surface area contributed by atoms with E-state index in [9.17, 15) is 14.4 Å². The molecule has 8 nitrogen and oxygen atoms in total. The van der Waals surface area contributed by atoms with E-state index in [2.05, 4.69) is 15.5 Å². The normalized spacial score (nSPS) is 10.6. The molecule has 0 unspecified atom stereocenters. The Hall–Kier alpha value is -3.42. The zero-order valence-corrected chi connectivity index (χ0v) is 11.8. The minimum Gasteiger partial charge on any atom is -0.480 e. The van der Waals surface area contributed by atoms with Crippen molar-refractivity contribution in [2.45, 2.75) is 0 Å². The number of carboxylic acid groups (broad SMARTS) is 1. The van der Waals surface area contributed by atoms with E-state index in [-0.39, 0.29) is 11.2 Å². The van der Waals surface area contributed by atoms with Crippen LogP contribution in [-0.2, 0) is 4.79 Å². The molecule has 0 radical (unpaired) electrons. The fourth-order valence-corrected chi connectivity index (χ4v) is 2.24. The van der Waals surface area contributed by atoms with E-state index >= 15 is 0 Å². The van der Waals surface area contributed by atoms with Crippen molar-refractivity contribution in [2.75, 3.05) is 6.54 Å². The van der Waals surface area contributed by atoms with Gasteiger partial charge in [0.25, 0.3) is 5.91 Å². The van der Waals surface area contributed by atoms with Crippen LogP contribution >= 0.6 is 0 Å². The molecule has 8 heteroatoms. The Morgan fingerprint density at radius 1 is 1.22 bits per heavy atom. The van der Waals surface area contributed by atoms with E-state index in [0.717, 1.165) is 5.56 Å².